The first-order valence-corrected chi connectivity index (χ1v) is 39.0. The number of carbonyl (C=O) groups is 2. The van der Waals surface area contributed by atoms with Gasteiger partial charge in [-0.25, -0.2) is 4.79 Å². The molecule has 6 N–H and O–H groups in total. The van der Waals surface area contributed by atoms with Gasteiger partial charge in [-0.3, -0.25) is 18.7 Å². The fourth-order valence-corrected chi connectivity index (χ4v) is 14.2. The van der Waals surface area contributed by atoms with Crippen molar-refractivity contribution in [2.45, 2.75) is 307 Å². The number of fused-ring (bicyclic) bond motifs is 1. The number of hydrogen-bond donors (Lipinski definition) is 5. The average molecular weight is 1280 g/mol. The highest BCUT2D eigenvalue weighted by Crippen LogP contribution is 2.50. The monoisotopic (exact) mass is 1280 g/mol. The van der Waals surface area contributed by atoms with Crippen LogP contribution in [-0.2, 0) is 25.0 Å². The molecule has 0 radical (unpaired) electrons. The molecule has 3 rings (SSSR count). The number of Topliss-reactive ketones (excluding diaryl/α,β-unsaturated/α-hetero) is 1. The van der Waals surface area contributed by atoms with Gasteiger partial charge in [0.1, 0.15) is 5.52 Å². The number of nitrogen functional groups attached to an aromatic ring is 1. The Labute approximate surface area is 550 Å². The largest absolute Gasteiger partial charge is 0.382 e. The Hall–Kier alpha value is -3.58. The molecule has 0 spiro atoms. The molecule has 90 heavy (non-hydrogen) atoms. The maximum Gasteiger partial charge on any atom is 0.330 e. The smallest absolute Gasteiger partial charge is 0.330 e. The van der Waals surface area contributed by atoms with Crippen LogP contribution in [0.1, 0.15) is 317 Å². The van der Waals surface area contributed by atoms with Crippen LogP contribution >= 0.6 is 7.60 Å². The van der Waals surface area contributed by atoms with Crippen molar-refractivity contribution in [3.8, 4) is 0 Å². The van der Waals surface area contributed by atoms with Gasteiger partial charge in [0.2, 0.25) is 11.9 Å². The summed E-state index contributed by atoms with van der Waals surface area (Å²) in [5, 5.41) is 9.65. The molecule has 6 unspecified atom stereocenters. The summed E-state index contributed by atoms with van der Waals surface area (Å²) in [7, 11) is -3.15. The number of H-pyrrole nitrogens is 1. The van der Waals surface area contributed by atoms with Gasteiger partial charge in [-0.15, -0.1) is 0 Å². The second-order valence-corrected chi connectivity index (χ2v) is 31.3. The van der Waals surface area contributed by atoms with E-state index in [1.807, 2.05) is 12.1 Å². The number of amides is 1. The summed E-state index contributed by atoms with van der Waals surface area (Å²) in [6.45, 7) is 30.3. The lowest BCUT2D eigenvalue weighted by Gasteiger charge is -2.21. The van der Waals surface area contributed by atoms with Crippen molar-refractivity contribution in [3.63, 3.8) is 0 Å². The van der Waals surface area contributed by atoms with E-state index in [0.717, 1.165) is 106 Å². The second kappa shape index (κ2) is 49.0. The fraction of sp³-hybridized carbons (Fsp3) is 0.827. The third-order valence-corrected chi connectivity index (χ3v) is 20.9. The standard InChI is InChI=1S/C75H137N8O6P/c1-12-13-53-79-74-81-72(76)71-73(82-74)83(75(86)80-71)58-67-43-45-68(46-44-67)69(84)47-48-70(85)78-54-30-52-77-51-22-20-18-16-14-15-17-19-21-23-57-90(87,88-55-49-65(10)41-28-39-63(8)37-26-35-61(6)33-24-31-59(2)3)89-56-50-66(11)42-29-40-64(9)38-27-36-62(7)34-25-32-60(4)5/h43-46,59-66,77H,12-42,47-58H2,1-11H3,(H,78,85)(H,80,86)(H3,76,79,81,82). The van der Waals surface area contributed by atoms with Crippen LogP contribution in [0.4, 0.5) is 11.8 Å². The first kappa shape index (κ1) is 80.7. The second-order valence-electron chi connectivity index (χ2n) is 29.1. The molecule has 0 bridgehead atoms. The van der Waals surface area contributed by atoms with Gasteiger partial charge in [0.15, 0.2) is 17.2 Å². The van der Waals surface area contributed by atoms with Crippen molar-refractivity contribution in [2.75, 3.05) is 56.6 Å². The number of carbonyl (C=O) groups excluding carboxylic acids is 2. The zero-order valence-electron chi connectivity index (χ0n) is 59.6. The SMILES string of the molecule is CCCCNc1nc(N)c2[nH]c(=O)n(Cc3ccc(C(=O)CCC(=O)NCCCNCCCCCCCCCCCCP(=O)(OCCC(C)CCCC(C)CCCC(C)CCCC(C)C)OCCC(C)CCCC(C)CCCC(C)CCCC(C)C)cc3)c2n1. The lowest BCUT2D eigenvalue weighted by molar-refractivity contribution is -0.121. The maximum atomic E-state index is 14.3. The normalized spacial score (nSPS) is 14.7. The Bertz CT molecular complexity index is 2360. The molecule has 14 nitrogen and oxygen atoms in total. The van der Waals surface area contributed by atoms with E-state index in [0.29, 0.717) is 67.0 Å². The summed E-state index contributed by atoms with van der Waals surface area (Å²) in [6, 6.07) is 7.11. The highest BCUT2D eigenvalue weighted by molar-refractivity contribution is 7.53. The van der Waals surface area contributed by atoms with Gasteiger partial charge in [-0.1, -0.05) is 274 Å². The molecule has 0 aliphatic heterocycles. The molecule has 518 valence electrons. The topological polar surface area (TPSA) is 195 Å². The predicted octanol–water partition coefficient (Wildman–Crippen LogP) is 20.1. The molecule has 0 saturated heterocycles. The van der Waals surface area contributed by atoms with E-state index < -0.39 is 7.60 Å². The van der Waals surface area contributed by atoms with Crippen molar-refractivity contribution in [3.05, 3.63) is 45.9 Å². The minimum Gasteiger partial charge on any atom is -0.382 e. The van der Waals surface area contributed by atoms with Gasteiger partial charge < -0.3 is 35.7 Å². The zero-order valence-corrected chi connectivity index (χ0v) is 60.5. The third-order valence-electron chi connectivity index (χ3n) is 18.9. The van der Waals surface area contributed by atoms with Gasteiger partial charge >= 0.3 is 13.3 Å². The number of imidazole rings is 1. The Morgan fingerprint density at radius 3 is 1.46 bits per heavy atom. The Morgan fingerprint density at radius 2 is 0.978 bits per heavy atom. The maximum absolute atomic E-state index is 14.3. The van der Waals surface area contributed by atoms with Crippen LogP contribution in [0.25, 0.3) is 11.2 Å². The van der Waals surface area contributed by atoms with Crippen LogP contribution in [0.2, 0.25) is 0 Å². The van der Waals surface area contributed by atoms with E-state index in [2.05, 4.69) is 107 Å². The first-order valence-electron chi connectivity index (χ1n) is 37.2. The van der Waals surface area contributed by atoms with Crippen molar-refractivity contribution >= 4 is 42.2 Å². The van der Waals surface area contributed by atoms with Crippen LogP contribution in [0, 0.1) is 47.3 Å². The zero-order chi connectivity index (χ0) is 65.8. The molecule has 0 aliphatic rings. The van der Waals surface area contributed by atoms with E-state index in [1.54, 1.807) is 12.1 Å². The van der Waals surface area contributed by atoms with Crippen molar-refractivity contribution in [1.82, 2.24) is 30.2 Å². The van der Waals surface area contributed by atoms with Crippen LogP contribution in [-0.4, -0.2) is 76.8 Å². The van der Waals surface area contributed by atoms with Gasteiger partial charge in [-0.05, 0) is 105 Å². The number of benzene rings is 1. The summed E-state index contributed by atoms with van der Waals surface area (Å²) >= 11 is 0. The van der Waals surface area contributed by atoms with E-state index >= 15 is 0 Å². The number of aromatic amines is 1. The summed E-state index contributed by atoms with van der Waals surface area (Å²) in [5.41, 5.74) is 7.96. The molecule has 0 aliphatic carbocycles. The molecule has 1 amide bonds. The van der Waals surface area contributed by atoms with Crippen LogP contribution in [0.3, 0.4) is 0 Å². The fourth-order valence-electron chi connectivity index (χ4n) is 12.5. The first-order chi connectivity index (χ1) is 43.3. The number of unbranched alkanes of at least 4 members (excludes halogenated alkanes) is 10. The number of nitrogens with zero attached hydrogens (tertiary/aromatic N) is 3. The summed E-state index contributed by atoms with van der Waals surface area (Å²) in [5.74, 6) is 6.42. The lowest BCUT2D eigenvalue weighted by atomic mass is 9.91. The van der Waals surface area contributed by atoms with Crippen LogP contribution in [0.5, 0.6) is 0 Å². The van der Waals surface area contributed by atoms with Crippen molar-refractivity contribution in [1.29, 1.82) is 0 Å². The average Bonchev–Trinajstić information content (AvgIpc) is 1.70. The van der Waals surface area contributed by atoms with E-state index in [-0.39, 0.29) is 42.6 Å². The number of rotatable bonds is 59. The van der Waals surface area contributed by atoms with Gasteiger partial charge in [0.25, 0.3) is 0 Å². The molecule has 0 fully saturated rings. The molecule has 6 atom stereocenters. The molecule has 2 heterocycles. The molecular weight excluding hydrogens is 1140 g/mol. The highest BCUT2D eigenvalue weighted by atomic mass is 31.2. The Kier molecular flexibility index (Phi) is 43.9. The summed E-state index contributed by atoms with van der Waals surface area (Å²) < 4.78 is 28.4. The molecule has 0 saturated carbocycles. The number of nitrogens with two attached hydrogens (primary N) is 1. The molecule has 15 heteroatoms. The number of anilines is 2. The van der Waals surface area contributed by atoms with Crippen molar-refractivity contribution < 1.29 is 23.2 Å². The quantitative estimate of drug-likeness (QED) is 0.0205. The lowest BCUT2D eigenvalue weighted by Crippen LogP contribution is -2.27. The minimum absolute atomic E-state index is 0.101. The summed E-state index contributed by atoms with van der Waals surface area (Å²) in [4.78, 5) is 49.9. The Balaban J connectivity index is 1.24. The minimum atomic E-state index is -3.15. The highest BCUT2D eigenvalue weighted by Gasteiger charge is 2.25. The van der Waals surface area contributed by atoms with E-state index in [1.165, 1.54) is 165 Å². The van der Waals surface area contributed by atoms with Crippen LogP contribution < -0.4 is 27.4 Å². The number of hydrogen-bond acceptors (Lipinski definition) is 11. The van der Waals surface area contributed by atoms with Gasteiger partial charge in [0.05, 0.1) is 25.9 Å². The Morgan fingerprint density at radius 1 is 0.533 bits per heavy atom. The summed E-state index contributed by atoms with van der Waals surface area (Å²) in [6.07, 6.45) is 41.3. The van der Waals surface area contributed by atoms with Gasteiger partial charge in [-0.2, -0.15) is 9.97 Å². The number of aromatic nitrogens is 4. The third kappa shape index (κ3) is 38.6. The van der Waals surface area contributed by atoms with Gasteiger partial charge in [0, 0.05) is 31.5 Å². The molecule has 2 aromatic heterocycles. The van der Waals surface area contributed by atoms with Crippen LogP contribution in [0.15, 0.2) is 29.1 Å². The number of nitrogens with one attached hydrogen (secondary N) is 4. The van der Waals surface area contributed by atoms with Crippen molar-refractivity contribution in [2.24, 2.45) is 47.3 Å². The predicted molar refractivity (Wildman–Crippen MR) is 383 cm³/mol. The number of ketones is 1. The molecule has 1 aromatic carbocycles. The van der Waals surface area contributed by atoms with E-state index in [9.17, 15) is 18.9 Å². The molecule has 3 aromatic rings. The molecular formula is C75H137N8O6P. The van der Waals surface area contributed by atoms with E-state index in [4.69, 9.17) is 14.8 Å².